The summed E-state index contributed by atoms with van der Waals surface area (Å²) in [7, 11) is 6.39. The largest absolute Gasteiger partial charge is 0.346 e. The Labute approximate surface area is 113 Å². The van der Waals surface area contributed by atoms with Crippen LogP contribution in [0.2, 0.25) is 0 Å². The summed E-state index contributed by atoms with van der Waals surface area (Å²) < 4.78 is 16.4. The van der Waals surface area contributed by atoms with Crippen molar-refractivity contribution in [2.45, 2.75) is 32.0 Å². The van der Waals surface area contributed by atoms with Crippen molar-refractivity contribution in [3.05, 3.63) is 0 Å². The summed E-state index contributed by atoms with van der Waals surface area (Å²) in [6.45, 7) is 3.68. The maximum absolute atomic E-state index is 12.1. The number of nitrogens with zero attached hydrogens (tertiary/aromatic N) is 2. The molecule has 7 heteroatoms. The third-order valence-corrected chi connectivity index (χ3v) is 2.73. The van der Waals surface area contributed by atoms with Gasteiger partial charge in [-0.2, -0.15) is 0 Å². The molecule has 1 saturated heterocycles. The number of ether oxygens (including phenoxy) is 3. The molecule has 110 valence electrons. The lowest BCUT2D eigenvalue weighted by Crippen LogP contribution is -2.47. The molecular weight excluding hydrogens is 252 g/mol. The lowest BCUT2D eigenvalue weighted by Gasteiger charge is -2.22. The van der Waals surface area contributed by atoms with E-state index < -0.39 is 18.2 Å². The number of amides is 2. The summed E-state index contributed by atoms with van der Waals surface area (Å²) in [5, 5.41) is 0. The smallest absolute Gasteiger partial charge is 0.281 e. The molecule has 1 rings (SSSR count). The van der Waals surface area contributed by atoms with Crippen molar-refractivity contribution in [1.82, 2.24) is 9.80 Å². The first-order chi connectivity index (χ1) is 8.72. The summed E-state index contributed by atoms with van der Waals surface area (Å²) in [5.41, 5.74) is 0. The molecule has 0 aliphatic carbocycles. The molecule has 7 nitrogen and oxygen atoms in total. The van der Waals surface area contributed by atoms with E-state index in [4.69, 9.17) is 14.2 Å². The molecule has 0 radical (unpaired) electrons. The fraction of sp³-hybridized carbons (Fsp3) is 0.833. The van der Waals surface area contributed by atoms with Crippen molar-refractivity contribution < 1.29 is 23.8 Å². The van der Waals surface area contributed by atoms with Gasteiger partial charge in [0.2, 0.25) is 0 Å². The van der Waals surface area contributed by atoms with Crippen LogP contribution in [0.25, 0.3) is 0 Å². The molecule has 0 saturated carbocycles. The Morgan fingerprint density at radius 1 is 1.05 bits per heavy atom. The Morgan fingerprint density at radius 3 is 1.68 bits per heavy atom. The topological polar surface area (TPSA) is 68.3 Å². The van der Waals surface area contributed by atoms with Crippen LogP contribution in [-0.4, -0.2) is 74.6 Å². The number of hydrogen-bond acceptors (Lipinski definition) is 5. The predicted octanol–water partition coefficient (Wildman–Crippen LogP) is -0.343. The van der Waals surface area contributed by atoms with E-state index in [1.807, 2.05) is 0 Å². The first-order valence-electron chi connectivity index (χ1n) is 6.13. The number of rotatable bonds is 4. The zero-order valence-corrected chi connectivity index (χ0v) is 12.3. The van der Waals surface area contributed by atoms with E-state index >= 15 is 0 Å². The van der Waals surface area contributed by atoms with Crippen LogP contribution in [0.3, 0.4) is 0 Å². The Hall–Kier alpha value is -1.18. The number of hydrogen-bond donors (Lipinski definition) is 0. The molecule has 0 N–H and O–H groups in total. The highest BCUT2D eigenvalue weighted by molar-refractivity contribution is 5.91. The average molecular weight is 274 g/mol. The minimum atomic E-state index is -1.37. The zero-order valence-electron chi connectivity index (χ0n) is 12.3. The maximum Gasteiger partial charge on any atom is 0.281 e. The zero-order chi connectivity index (χ0) is 14.8. The van der Waals surface area contributed by atoms with Gasteiger partial charge in [0.05, 0.1) is 0 Å². The van der Waals surface area contributed by atoms with Gasteiger partial charge in [-0.1, -0.05) is 0 Å². The second kappa shape index (κ2) is 5.85. The van der Waals surface area contributed by atoms with Crippen molar-refractivity contribution in [3.63, 3.8) is 0 Å². The fourth-order valence-corrected chi connectivity index (χ4v) is 1.81. The van der Waals surface area contributed by atoms with Crippen LogP contribution >= 0.6 is 0 Å². The minimum absolute atomic E-state index is 0.330. The lowest BCUT2D eigenvalue weighted by atomic mass is 10.1. The summed E-state index contributed by atoms with van der Waals surface area (Å²) in [4.78, 5) is 26.9. The van der Waals surface area contributed by atoms with E-state index in [1.54, 1.807) is 42.0 Å². The van der Waals surface area contributed by atoms with Gasteiger partial charge in [-0.15, -0.1) is 0 Å². The van der Waals surface area contributed by atoms with Gasteiger partial charge in [0.1, 0.15) is 0 Å². The molecule has 0 aromatic rings. The highest BCUT2D eigenvalue weighted by Crippen LogP contribution is 2.31. The van der Waals surface area contributed by atoms with E-state index in [0.29, 0.717) is 6.61 Å². The summed E-state index contributed by atoms with van der Waals surface area (Å²) in [6.07, 6.45) is -2.00. The maximum atomic E-state index is 12.1. The summed E-state index contributed by atoms with van der Waals surface area (Å²) in [6, 6.07) is 0. The van der Waals surface area contributed by atoms with Crippen LogP contribution in [0, 0.1) is 0 Å². The molecule has 2 amide bonds. The van der Waals surface area contributed by atoms with E-state index in [9.17, 15) is 9.59 Å². The monoisotopic (exact) mass is 274 g/mol. The van der Waals surface area contributed by atoms with Crippen molar-refractivity contribution in [2.24, 2.45) is 0 Å². The fourth-order valence-electron chi connectivity index (χ4n) is 1.81. The standard InChI is InChI=1S/C12H22N2O5/c1-7-17-12(2)18-8(10(15)13(3)4)9(19-12)11(16)14(5)6/h8-9H,7H2,1-6H3/t8-,9-/m1/s1. The van der Waals surface area contributed by atoms with Crippen LogP contribution in [-0.2, 0) is 23.8 Å². The quantitative estimate of drug-likeness (QED) is 0.701. The van der Waals surface area contributed by atoms with Crippen molar-refractivity contribution >= 4 is 11.8 Å². The molecule has 1 aliphatic rings. The van der Waals surface area contributed by atoms with Gasteiger partial charge in [0.25, 0.3) is 17.8 Å². The molecule has 1 aliphatic heterocycles. The molecule has 1 heterocycles. The first-order valence-corrected chi connectivity index (χ1v) is 6.13. The van der Waals surface area contributed by atoms with Gasteiger partial charge in [-0.3, -0.25) is 9.59 Å². The Balaban J connectivity index is 2.97. The Kier molecular flexibility index (Phi) is 4.89. The second-order valence-corrected chi connectivity index (χ2v) is 4.84. The van der Waals surface area contributed by atoms with Crippen molar-refractivity contribution in [3.8, 4) is 0 Å². The van der Waals surface area contributed by atoms with Gasteiger partial charge in [0, 0.05) is 41.7 Å². The second-order valence-electron chi connectivity index (χ2n) is 4.84. The molecule has 0 unspecified atom stereocenters. The molecule has 1 fully saturated rings. The molecule has 0 spiro atoms. The van der Waals surface area contributed by atoms with Gasteiger partial charge < -0.3 is 24.0 Å². The highest BCUT2D eigenvalue weighted by atomic mass is 16.9. The van der Waals surface area contributed by atoms with Gasteiger partial charge in [-0.25, -0.2) is 0 Å². The Morgan fingerprint density at radius 2 is 1.42 bits per heavy atom. The Bertz CT molecular complexity index is 328. The van der Waals surface area contributed by atoms with E-state index in [0.717, 1.165) is 0 Å². The third-order valence-electron chi connectivity index (χ3n) is 2.73. The predicted molar refractivity (Wildman–Crippen MR) is 67.2 cm³/mol. The van der Waals surface area contributed by atoms with Crippen LogP contribution in [0.15, 0.2) is 0 Å². The minimum Gasteiger partial charge on any atom is -0.346 e. The van der Waals surface area contributed by atoms with Gasteiger partial charge >= 0.3 is 0 Å². The lowest BCUT2D eigenvalue weighted by molar-refractivity contribution is -0.326. The van der Waals surface area contributed by atoms with Crippen LogP contribution in [0.5, 0.6) is 0 Å². The third kappa shape index (κ3) is 3.43. The molecule has 0 aromatic carbocycles. The molecule has 0 bridgehead atoms. The normalized spacial score (nSPS) is 25.2. The van der Waals surface area contributed by atoms with E-state index in [1.165, 1.54) is 9.80 Å². The average Bonchev–Trinajstić information content (AvgIpc) is 2.65. The SMILES string of the molecule is CCOC1(C)O[C@@H](C(=O)N(C)C)[C@H](C(=O)N(C)C)O1. The molecule has 2 atom stereocenters. The van der Waals surface area contributed by atoms with Gasteiger partial charge in [-0.05, 0) is 6.92 Å². The van der Waals surface area contributed by atoms with Crippen LogP contribution < -0.4 is 0 Å². The molecule has 19 heavy (non-hydrogen) atoms. The van der Waals surface area contributed by atoms with E-state index in [2.05, 4.69) is 0 Å². The van der Waals surface area contributed by atoms with Crippen molar-refractivity contribution in [1.29, 1.82) is 0 Å². The highest BCUT2D eigenvalue weighted by Gasteiger charge is 2.52. The van der Waals surface area contributed by atoms with Crippen LogP contribution in [0.1, 0.15) is 13.8 Å². The summed E-state index contributed by atoms with van der Waals surface area (Å²) >= 11 is 0. The number of carbonyl (C=O) groups excluding carboxylic acids is 2. The number of likely N-dealkylation sites (N-methyl/N-ethyl adjacent to an activating group) is 2. The summed E-state index contributed by atoms with van der Waals surface area (Å²) in [5.74, 6) is -2.03. The van der Waals surface area contributed by atoms with Crippen molar-refractivity contribution in [2.75, 3.05) is 34.8 Å². The number of carbonyl (C=O) groups is 2. The first kappa shape index (κ1) is 15.9. The molecular formula is C12H22N2O5. The molecule has 0 aromatic heterocycles. The van der Waals surface area contributed by atoms with Crippen LogP contribution in [0.4, 0.5) is 0 Å². The van der Waals surface area contributed by atoms with E-state index in [-0.39, 0.29) is 11.8 Å². The van der Waals surface area contributed by atoms with Gasteiger partial charge in [0.15, 0.2) is 12.2 Å².